The summed E-state index contributed by atoms with van der Waals surface area (Å²) in [6.07, 6.45) is 2.77. The zero-order valence-electron chi connectivity index (χ0n) is 10.4. The molecule has 3 rings (SSSR count). The predicted molar refractivity (Wildman–Crippen MR) is 73.0 cm³/mol. The number of hydrogen-bond donors (Lipinski definition) is 1. The van der Waals surface area contributed by atoms with Crippen LogP contribution in [0.2, 0.25) is 0 Å². The van der Waals surface area contributed by atoms with Gasteiger partial charge in [0.2, 0.25) is 5.88 Å². The van der Waals surface area contributed by atoms with Crippen LogP contribution in [-0.2, 0) is 0 Å². The molecule has 0 aliphatic rings. The third-order valence-corrected chi connectivity index (χ3v) is 2.80. The molecule has 1 aromatic carbocycles. The summed E-state index contributed by atoms with van der Waals surface area (Å²) in [5.41, 5.74) is 0.834. The van der Waals surface area contributed by atoms with Gasteiger partial charge in [-0.15, -0.1) is 0 Å². The van der Waals surface area contributed by atoms with Crippen LogP contribution in [-0.4, -0.2) is 21.0 Å². The van der Waals surface area contributed by atoms with Gasteiger partial charge in [-0.05, 0) is 18.2 Å². The summed E-state index contributed by atoms with van der Waals surface area (Å²) in [6.45, 7) is 0. The molecule has 2 heterocycles. The quantitative estimate of drug-likeness (QED) is 0.788. The smallest absolute Gasteiger partial charge is 0.339 e. The van der Waals surface area contributed by atoms with Gasteiger partial charge in [0.25, 0.3) is 0 Å². The van der Waals surface area contributed by atoms with Crippen LogP contribution in [0.25, 0.3) is 10.9 Å². The second kappa shape index (κ2) is 4.97. The Morgan fingerprint density at radius 1 is 1.10 bits per heavy atom. The number of ether oxygens (including phenoxy) is 1. The summed E-state index contributed by atoms with van der Waals surface area (Å²) < 4.78 is 5.52. The lowest BCUT2D eigenvalue weighted by atomic mass is 10.2. The molecule has 0 saturated carbocycles. The number of pyridine rings is 2. The molecule has 0 atom stereocenters. The van der Waals surface area contributed by atoms with Gasteiger partial charge in [-0.25, -0.2) is 9.78 Å². The van der Waals surface area contributed by atoms with Crippen molar-refractivity contribution >= 4 is 16.9 Å². The van der Waals surface area contributed by atoms with E-state index in [1.807, 2.05) is 30.3 Å². The van der Waals surface area contributed by atoms with Gasteiger partial charge in [0, 0.05) is 17.6 Å². The number of carbonyl (C=O) groups is 1. The highest BCUT2D eigenvalue weighted by Gasteiger charge is 2.12. The number of rotatable bonds is 3. The Kier molecular flexibility index (Phi) is 3.01. The fourth-order valence-corrected chi connectivity index (χ4v) is 1.85. The van der Waals surface area contributed by atoms with Gasteiger partial charge in [-0.3, -0.25) is 4.98 Å². The van der Waals surface area contributed by atoms with E-state index in [9.17, 15) is 4.79 Å². The molecule has 0 saturated heterocycles. The molecule has 0 spiro atoms. The maximum absolute atomic E-state index is 11.1. The Hall–Kier alpha value is -2.95. The van der Waals surface area contributed by atoms with Gasteiger partial charge < -0.3 is 9.84 Å². The van der Waals surface area contributed by atoms with Crippen molar-refractivity contribution in [2.75, 3.05) is 0 Å². The molecule has 2 aromatic heterocycles. The van der Waals surface area contributed by atoms with Gasteiger partial charge in [0.1, 0.15) is 5.56 Å². The van der Waals surface area contributed by atoms with Crippen molar-refractivity contribution < 1.29 is 14.6 Å². The molecule has 0 radical (unpaired) electrons. The number of hydrogen-bond acceptors (Lipinski definition) is 4. The molecule has 0 unspecified atom stereocenters. The lowest BCUT2D eigenvalue weighted by Crippen LogP contribution is -2.01. The van der Waals surface area contributed by atoms with Crippen molar-refractivity contribution in [3.05, 3.63) is 60.4 Å². The monoisotopic (exact) mass is 266 g/mol. The van der Waals surface area contributed by atoms with Crippen LogP contribution >= 0.6 is 0 Å². The van der Waals surface area contributed by atoms with Gasteiger partial charge >= 0.3 is 5.97 Å². The van der Waals surface area contributed by atoms with Crippen LogP contribution in [0.15, 0.2) is 54.9 Å². The number of para-hydroxylation sites is 1. The third-order valence-electron chi connectivity index (χ3n) is 2.80. The summed E-state index contributed by atoms with van der Waals surface area (Å²) in [5, 5.41) is 10.1. The van der Waals surface area contributed by atoms with Crippen molar-refractivity contribution in [3.63, 3.8) is 0 Å². The molecule has 98 valence electrons. The van der Waals surface area contributed by atoms with E-state index in [0.29, 0.717) is 5.88 Å². The Bertz CT molecular complexity index is 787. The first-order valence-corrected chi connectivity index (χ1v) is 5.95. The third kappa shape index (κ3) is 2.29. The molecule has 5 heteroatoms. The molecule has 5 nitrogen and oxygen atoms in total. The number of aromatic carboxylic acids is 1. The van der Waals surface area contributed by atoms with E-state index in [-0.39, 0.29) is 11.3 Å². The minimum Gasteiger partial charge on any atom is -0.478 e. The number of benzene rings is 1. The summed E-state index contributed by atoms with van der Waals surface area (Å²) >= 11 is 0. The average molecular weight is 266 g/mol. The fraction of sp³-hybridized carbons (Fsp3) is 0. The van der Waals surface area contributed by atoms with Gasteiger partial charge in [-0.1, -0.05) is 18.2 Å². The first-order chi connectivity index (χ1) is 9.74. The number of carboxylic acids is 1. The van der Waals surface area contributed by atoms with Crippen LogP contribution in [0.3, 0.4) is 0 Å². The standard InChI is InChI=1S/C15H10N2O3/c18-15(19)11-7-8-16-9-13(11)20-14-6-5-10-3-1-2-4-12(10)17-14/h1-9H,(H,18,19). The molecular weight excluding hydrogens is 256 g/mol. The zero-order valence-corrected chi connectivity index (χ0v) is 10.4. The lowest BCUT2D eigenvalue weighted by molar-refractivity contribution is 0.0694. The van der Waals surface area contributed by atoms with Crippen LogP contribution in [0.4, 0.5) is 0 Å². The summed E-state index contributed by atoms with van der Waals surface area (Å²) in [7, 11) is 0. The molecule has 1 N–H and O–H groups in total. The number of nitrogens with zero attached hydrogens (tertiary/aromatic N) is 2. The van der Waals surface area contributed by atoms with Crippen molar-refractivity contribution in [1.29, 1.82) is 0 Å². The van der Waals surface area contributed by atoms with E-state index in [1.54, 1.807) is 6.07 Å². The highest BCUT2D eigenvalue weighted by molar-refractivity contribution is 5.90. The first kappa shape index (κ1) is 12.1. The van der Waals surface area contributed by atoms with Crippen LogP contribution < -0.4 is 4.74 Å². The maximum atomic E-state index is 11.1. The van der Waals surface area contributed by atoms with Crippen LogP contribution in [0.1, 0.15) is 10.4 Å². The van der Waals surface area contributed by atoms with E-state index in [4.69, 9.17) is 9.84 Å². The van der Waals surface area contributed by atoms with Crippen molar-refractivity contribution in [2.24, 2.45) is 0 Å². The van der Waals surface area contributed by atoms with E-state index < -0.39 is 5.97 Å². The highest BCUT2D eigenvalue weighted by atomic mass is 16.5. The maximum Gasteiger partial charge on any atom is 0.339 e. The van der Waals surface area contributed by atoms with E-state index in [1.165, 1.54) is 18.5 Å². The Morgan fingerprint density at radius 2 is 1.95 bits per heavy atom. The molecule has 0 bridgehead atoms. The Labute approximate surface area is 114 Å². The fourth-order valence-electron chi connectivity index (χ4n) is 1.85. The molecule has 0 aliphatic carbocycles. The Balaban J connectivity index is 1.99. The zero-order chi connectivity index (χ0) is 13.9. The highest BCUT2D eigenvalue weighted by Crippen LogP contribution is 2.24. The predicted octanol–water partition coefficient (Wildman–Crippen LogP) is 3.12. The number of aromatic nitrogens is 2. The van der Waals surface area contributed by atoms with Crippen molar-refractivity contribution in [2.45, 2.75) is 0 Å². The largest absolute Gasteiger partial charge is 0.478 e. The number of carboxylic acid groups (broad SMARTS) is 1. The van der Waals surface area contributed by atoms with Gasteiger partial charge in [0.15, 0.2) is 5.75 Å². The van der Waals surface area contributed by atoms with E-state index in [0.717, 1.165) is 10.9 Å². The SMILES string of the molecule is O=C(O)c1ccncc1Oc1ccc2ccccc2n1. The van der Waals surface area contributed by atoms with Crippen LogP contribution in [0.5, 0.6) is 11.6 Å². The molecule has 0 fully saturated rings. The average Bonchev–Trinajstić information content (AvgIpc) is 2.47. The van der Waals surface area contributed by atoms with Crippen LogP contribution in [0, 0.1) is 0 Å². The molecule has 0 aliphatic heterocycles. The minimum absolute atomic E-state index is 0.0509. The summed E-state index contributed by atoms with van der Waals surface area (Å²) in [5.74, 6) is -0.565. The molecular formula is C15H10N2O3. The lowest BCUT2D eigenvalue weighted by Gasteiger charge is -2.07. The van der Waals surface area contributed by atoms with Crippen molar-refractivity contribution in [1.82, 2.24) is 9.97 Å². The second-order valence-electron chi connectivity index (χ2n) is 4.12. The molecule has 20 heavy (non-hydrogen) atoms. The van der Waals surface area contributed by atoms with Gasteiger partial charge in [-0.2, -0.15) is 0 Å². The summed E-state index contributed by atoms with van der Waals surface area (Å²) in [6, 6.07) is 12.6. The topological polar surface area (TPSA) is 72.3 Å². The summed E-state index contributed by atoms with van der Waals surface area (Å²) in [4.78, 5) is 19.3. The van der Waals surface area contributed by atoms with Gasteiger partial charge in [0.05, 0.1) is 11.7 Å². The molecule has 3 aromatic rings. The molecule has 0 amide bonds. The minimum atomic E-state index is -1.07. The van der Waals surface area contributed by atoms with Crippen molar-refractivity contribution in [3.8, 4) is 11.6 Å². The van der Waals surface area contributed by atoms with E-state index in [2.05, 4.69) is 9.97 Å². The first-order valence-electron chi connectivity index (χ1n) is 5.95. The van der Waals surface area contributed by atoms with E-state index >= 15 is 0 Å². The normalized spacial score (nSPS) is 10.4. The second-order valence-corrected chi connectivity index (χ2v) is 4.12. The Morgan fingerprint density at radius 3 is 2.80 bits per heavy atom. The number of fused-ring (bicyclic) bond motifs is 1.